The van der Waals surface area contributed by atoms with Gasteiger partial charge in [0.15, 0.2) is 7.14 Å². The summed E-state index contributed by atoms with van der Waals surface area (Å²) < 4.78 is 20.4. The minimum Gasteiger partial charge on any atom is -0.423 e. The third kappa shape index (κ3) is 3.95. The van der Waals surface area contributed by atoms with Gasteiger partial charge in [0.2, 0.25) is 0 Å². The van der Waals surface area contributed by atoms with Crippen LogP contribution in [0.1, 0.15) is 11.1 Å². The van der Waals surface area contributed by atoms with Crippen LogP contribution < -0.4 is 20.8 Å². The number of pyridine rings is 1. The number of aryl methyl sites for hydroxylation is 2. The van der Waals surface area contributed by atoms with Crippen LogP contribution in [0.5, 0.6) is 5.75 Å². The molecule has 4 rings (SSSR count). The summed E-state index contributed by atoms with van der Waals surface area (Å²) in [5.74, 6) is -0.349. The number of fused-ring (bicyclic) bond motifs is 1. The largest absolute Gasteiger partial charge is 0.423 e. The fourth-order valence-corrected chi connectivity index (χ4v) is 6.11. The highest BCUT2D eigenvalue weighted by molar-refractivity contribution is 7.85. The number of ether oxygens (including phenoxy) is 1. The minimum atomic E-state index is -3.45. The van der Waals surface area contributed by atoms with Crippen molar-refractivity contribution in [1.82, 2.24) is 4.98 Å². The lowest BCUT2D eigenvalue weighted by atomic mass is 10.2. The van der Waals surface area contributed by atoms with E-state index in [4.69, 9.17) is 4.74 Å². The third-order valence-electron chi connectivity index (χ3n) is 5.17. The van der Waals surface area contributed by atoms with E-state index >= 15 is 0 Å². The highest BCUT2D eigenvalue weighted by Crippen LogP contribution is 2.45. The first-order valence-corrected chi connectivity index (χ1v) is 11.6. The van der Waals surface area contributed by atoms with E-state index < -0.39 is 13.1 Å². The Morgan fingerprint density at radius 2 is 1.61 bits per heavy atom. The van der Waals surface area contributed by atoms with Crippen molar-refractivity contribution in [3.05, 3.63) is 103 Å². The molecule has 1 unspecified atom stereocenters. The number of aromatic nitrogens is 1. The molecule has 0 amide bonds. The van der Waals surface area contributed by atoms with E-state index in [0.717, 1.165) is 28.0 Å². The van der Waals surface area contributed by atoms with Crippen molar-refractivity contribution in [2.75, 3.05) is 0 Å². The summed E-state index contributed by atoms with van der Waals surface area (Å²) in [6.45, 7) is 7.34. The molecular weight excluding hydrogens is 405 g/mol. The number of nitrogens with zero attached hydrogens (tertiary/aromatic N) is 1. The molecule has 0 saturated heterocycles. The van der Waals surface area contributed by atoms with Crippen LogP contribution in [0.15, 0.2) is 91.6 Å². The highest BCUT2D eigenvalue weighted by Gasteiger charge is 2.35. The van der Waals surface area contributed by atoms with E-state index in [1.54, 1.807) is 18.3 Å². The molecule has 31 heavy (non-hydrogen) atoms. The molecule has 0 aliphatic heterocycles. The van der Waals surface area contributed by atoms with Crippen LogP contribution in [0.2, 0.25) is 0 Å². The van der Waals surface area contributed by atoms with Crippen LogP contribution in [-0.2, 0) is 9.36 Å². The fraction of sp³-hybridized carbons (Fsp3) is 0.0769. The van der Waals surface area contributed by atoms with Gasteiger partial charge in [0.1, 0.15) is 11.2 Å². The lowest BCUT2D eigenvalue weighted by Gasteiger charge is -2.22. The summed E-state index contributed by atoms with van der Waals surface area (Å²) in [6, 6.07) is 22.6. The van der Waals surface area contributed by atoms with Crippen molar-refractivity contribution >= 4 is 39.9 Å². The quantitative estimate of drug-likeness (QED) is 0.202. The Bertz CT molecular complexity index is 1340. The summed E-state index contributed by atoms with van der Waals surface area (Å²) in [7, 11) is -3.45. The van der Waals surface area contributed by atoms with Crippen LogP contribution in [0.4, 0.5) is 0 Å². The maximum atomic E-state index is 14.9. The summed E-state index contributed by atoms with van der Waals surface area (Å²) >= 11 is 0. The topological polar surface area (TPSA) is 56.3 Å². The lowest BCUT2D eigenvalue weighted by Crippen LogP contribution is -2.29. The molecule has 154 valence electrons. The van der Waals surface area contributed by atoms with E-state index in [9.17, 15) is 9.36 Å². The first-order valence-electron chi connectivity index (χ1n) is 9.90. The second-order valence-corrected chi connectivity index (χ2v) is 10.1. The van der Waals surface area contributed by atoms with Gasteiger partial charge in [0.05, 0.1) is 5.30 Å². The lowest BCUT2D eigenvalue weighted by molar-refractivity contribution is -0.128. The average Bonchev–Trinajstić information content (AvgIpc) is 2.78. The van der Waals surface area contributed by atoms with Gasteiger partial charge in [0.25, 0.3) is 0 Å². The summed E-state index contributed by atoms with van der Waals surface area (Å²) in [5, 5.41) is 2.96. The Kier molecular flexibility index (Phi) is 5.58. The number of benzene rings is 3. The predicted molar refractivity (Wildman–Crippen MR) is 126 cm³/mol. The van der Waals surface area contributed by atoms with E-state index in [2.05, 4.69) is 11.6 Å². The summed E-state index contributed by atoms with van der Waals surface area (Å²) in [4.78, 5) is 16.6. The minimum absolute atomic E-state index is 0.253. The monoisotopic (exact) mass is 427 g/mol. The van der Waals surface area contributed by atoms with Crippen molar-refractivity contribution in [3.63, 3.8) is 0 Å². The summed E-state index contributed by atoms with van der Waals surface area (Å²) in [5.41, 5.74) is 2.39. The van der Waals surface area contributed by atoms with Crippen LogP contribution in [0, 0.1) is 13.8 Å². The predicted octanol–water partition coefficient (Wildman–Crippen LogP) is 4.58. The third-order valence-corrected chi connectivity index (χ3v) is 8.13. The van der Waals surface area contributed by atoms with Gasteiger partial charge < -0.3 is 9.30 Å². The molecule has 4 nitrogen and oxygen atoms in total. The van der Waals surface area contributed by atoms with Gasteiger partial charge in [-0.15, -0.1) is 0 Å². The van der Waals surface area contributed by atoms with E-state index in [1.807, 2.05) is 74.5 Å². The molecule has 5 heteroatoms. The molecule has 0 aliphatic carbocycles. The molecule has 0 aliphatic rings. The van der Waals surface area contributed by atoms with Gasteiger partial charge in [0, 0.05) is 23.0 Å². The molecule has 1 aromatic heterocycles. The van der Waals surface area contributed by atoms with E-state index in [1.165, 1.54) is 0 Å². The Hall–Kier alpha value is -3.49. The smallest absolute Gasteiger partial charge is 0.335 e. The SMILES string of the molecule is C=CC(=O)Oc1cc(C)ccc1P(=O)(c1ccc(C)cc1)c1cc2ccccc2cn1. The zero-order valence-corrected chi connectivity index (χ0v) is 18.3. The van der Waals surface area contributed by atoms with Crippen LogP contribution in [0.25, 0.3) is 10.8 Å². The standard InChI is InChI=1S/C26H22NO3P/c1-4-26(28)30-23-15-19(3)11-14-24(23)31(29,22-12-9-18(2)10-13-22)25-16-20-7-5-6-8-21(20)17-27-25/h4-17H,1H2,2-3H3. The van der Waals surface area contributed by atoms with Gasteiger partial charge in [-0.25, -0.2) is 4.79 Å². The molecule has 0 saturated carbocycles. The molecule has 3 aromatic carbocycles. The van der Waals surface area contributed by atoms with Crippen LogP contribution >= 0.6 is 7.14 Å². The molecule has 0 N–H and O–H groups in total. The molecule has 0 radical (unpaired) electrons. The first kappa shape index (κ1) is 20.8. The average molecular weight is 427 g/mol. The molecular formula is C26H22NO3P. The van der Waals surface area contributed by atoms with Crippen LogP contribution in [-0.4, -0.2) is 11.0 Å². The van der Waals surface area contributed by atoms with Crippen molar-refractivity contribution in [2.45, 2.75) is 13.8 Å². The maximum absolute atomic E-state index is 14.9. The van der Waals surface area contributed by atoms with E-state index in [0.29, 0.717) is 16.0 Å². The van der Waals surface area contributed by atoms with Gasteiger partial charge in [-0.1, -0.05) is 66.7 Å². The second kappa shape index (κ2) is 8.33. The second-order valence-electron chi connectivity index (χ2n) is 7.43. The number of carbonyl (C=O) groups is 1. The van der Waals surface area contributed by atoms with Gasteiger partial charge in [-0.3, -0.25) is 4.98 Å². The van der Waals surface area contributed by atoms with Gasteiger partial charge in [-0.05, 0) is 43.0 Å². The molecule has 0 fully saturated rings. The number of esters is 1. The fourth-order valence-electron chi connectivity index (χ4n) is 3.51. The van der Waals surface area contributed by atoms with Crippen molar-refractivity contribution in [2.24, 2.45) is 0 Å². The first-order chi connectivity index (χ1) is 14.9. The Balaban J connectivity index is 2.02. The summed E-state index contributed by atoms with van der Waals surface area (Å²) in [6.07, 6.45) is 2.83. The Labute approximate surface area is 181 Å². The van der Waals surface area contributed by atoms with Crippen LogP contribution in [0.3, 0.4) is 0 Å². The molecule has 1 atom stereocenters. The van der Waals surface area contributed by atoms with Crippen molar-refractivity contribution in [1.29, 1.82) is 0 Å². The zero-order chi connectivity index (χ0) is 22.0. The number of rotatable bonds is 5. The normalized spacial score (nSPS) is 12.8. The molecule has 4 aromatic rings. The van der Waals surface area contributed by atoms with Crippen molar-refractivity contribution < 1.29 is 14.1 Å². The van der Waals surface area contributed by atoms with Crippen molar-refractivity contribution in [3.8, 4) is 5.75 Å². The number of hydrogen-bond donors (Lipinski definition) is 0. The van der Waals surface area contributed by atoms with Gasteiger partial charge in [-0.2, -0.15) is 0 Å². The number of carbonyl (C=O) groups excluding carboxylic acids is 1. The molecule has 1 heterocycles. The maximum Gasteiger partial charge on any atom is 0.335 e. The Morgan fingerprint density at radius 3 is 2.32 bits per heavy atom. The highest BCUT2D eigenvalue weighted by atomic mass is 31.2. The molecule has 0 spiro atoms. The Morgan fingerprint density at radius 1 is 0.935 bits per heavy atom. The molecule has 0 bridgehead atoms. The number of hydrogen-bond acceptors (Lipinski definition) is 4. The van der Waals surface area contributed by atoms with Gasteiger partial charge >= 0.3 is 5.97 Å². The van der Waals surface area contributed by atoms with E-state index in [-0.39, 0.29) is 5.75 Å². The zero-order valence-electron chi connectivity index (χ0n) is 17.4.